The van der Waals surface area contributed by atoms with Crippen LogP contribution in [0.15, 0.2) is 40.9 Å². The maximum Gasteiger partial charge on any atom is 0.310 e. The summed E-state index contributed by atoms with van der Waals surface area (Å²) in [7, 11) is 0. The maximum absolute atomic E-state index is 12.5. The molecule has 1 atom stereocenters. The SMILES string of the molecule is CCOC(=O)[C@H]1CCCN(C(=O)Cc2cc(-c3ccccc3)on2)C1. The van der Waals surface area contributed by atoms with Crippen molar-refractivity contribution in [3.8, 4) is 11.3 Å². The van der Waals surface area contributed by atoms with E-state index in [0.29, 0.717) is 31.2 Å². The predicted molar refractivity (Wildman–Crippen MR) is 91.6 cm³/mol. The van der Waals surface area contributed by atoms with E-state index in [2.05, 4.69) is 5.16 Å². The van der Waals surface area contributed by atoms with Gasteiger partial charge in [-0.25, -0.2) is 0 Å². The van der Waals surface area contributed by atoms with Gasteiger partial charge < -0.3 is 14.2 Å². The molecule has 25 heavy (non-hydrogen) atoms. The molecule has 0 N–H and O–H groups in total. The molecule has 0 unspecified atom stereocenters. The summed E-state index contributed by atoms with van der Waals surface area (Å²) in [6.07, 6.45) is 1.75. The van der Waals surface area contributed by atoms with Gasteiger partial charge in [0.05, 0.1) is 24.6 Å². The quantitative estimate of drug-likeness (QED) is 0.781. The molecule has 1 amide bonds. The van der Waals surface area contributed by atoms with Crippen LogP contribution < -0.4 is 0 Å². The Kier molecular flexibility index (Phi) is 5.48. The lowest BCUT2D eigenvalue weighted by Crippen LogP contribution is -2.43. The normalized spacial score (nSPS) is 17.3. The smallest absolute Gasteiger partial charge is 0.310 e. The molecule has 3 rings (SSSR count). The third-order valence-corrected chi connectivity index (χ3v) is 4.34. The van der Waals surface area contributed by atoms with Gasteiger partial charge in [-0.15, -0.1) is 0 Å². The number of carbonyl (C=O) groups is 2. The number of hydrogen-bond acceptors (Lipinski definition) is 5. The lowest BCUT2D eigenvalue weighted by atomic mass is 9.98. The molecule has 1 aliphatic rings. The van der Waals surface area contributed by atoms with Crippen molar-refractivity contribution < 1.29 is 18.8 Å². The van der Waals surface area contributed by atoms with E-state index in [4.69, 9.17) is 9.26 Å². The Balaban J connectivity index is 1.60. The average molecular weight is 342 g/mol. The minimum absolute atomic E-state index is 0.0399. The molecule has 0 saturated carbocycles. The molecule has 1 saturated heterocycles. The minimum atomic E-state index is -0.227. The Bertz CT molecular complexity index is 726. The van der Waals surface area contributed by atoms with Crippen LogP contribution >= 0.6 is 0 Å². The number of nitrogens with zero attached hydrogens (tertiary/aromatic N) is 2. The number of amides is 1. The number of carbonyl (C=O) groups excluding carboxylic acids is 2. The first-order valence-electron chi connectivity index (χ1n) is 8.62. The summed E-state index contributed by atoms with van der Waals surface area (Å²) in [5, 5.41) is 4.00. The Hall–Kier alpha value is -2.63. The molecule has 1 aromatic carbocycles. The summed E-state index contributed by atoms with van der Waals surface area (Å²) >= 11 is 0. The van der Waals surface area contributed by atoms with Crippen LogP contribution in [0.25, 0.3) is 11.3 Å². The highest BCUT2D eigenvalue weighted by atomic mass is 16.5. The van der Waals surface area contributed by atoms with Crippen LogP contribution in [-0.2, 0) is 20.7 Å². The fourth-order valence-electron chi connectivity index (χ4n) is 3.06. The summed E-state index contributed by atoms with van der Waals surface area (Å²) < 4.78 is 10.4. The third kappa shape index (κ3) is 4.26. The van der Waals surface area contributed by atoms with Crippen molar-refractivity contribution in [1.82, 2.24) is 10.1 Å². The number of likely N-dealkylation sites (tertiary alicyclic amines) is 1. The number of aromatic nitrogens is 1. The van der Waals surface area contributed by atoms with E-state index >= 15 is 0 Å². The fraction of sp³-hybridized carbons (Fsp3) is 0.421. The van der Waals surface area contributed by atoms with E-state index in [-0.39, 0.29) is 24.2 Å². The Morgan fingerprint density at radius 2 is 2.12 bits per heavy atom. The molecule has 0 aliphatic carbocycles. The van der Waals surface area contributed by atoms with Gasteiger partial charge in [-0.05, 0) is 19.8 Å². The number of hydrogen-bond donors (Lipinski definition) is 0. The highest BCUT2D eigenvalue weighted by Crippen LogP contribution is 2.22. The van der Waals surface area contributed by atoms with Gasteiger partial charge in [-0.1, -0.05) is 35.5 Å². The van der Waals surface area contributed by atoms with Gasteiger partial charge in [0.25, 0.3) is 0 Å². The van der Waals surface area contributed by atoms with Crippen LogP contribution in [0, 0.1) is 5.92 Å². The second-order valence-corrected chi connectivity index (χ2v) is 6.16. The second-order valence-electron chi connectivity index (χ2n) is 6.16. The lowest BCUT2D eigenvalue weighted by molar-refractivity contribution is -0.151. The summed E-state index contributed by atoms with van der Waals surface area (Å²) in [5.74, 6) is 0.163. The zero-order valence-electron chi connectivity index (χ0n) is 14.3. The van der Waals surface area contributed by atoms with Crippen molar-refractivity contribution in [1.29, 1.82) is 0 Å². The monoisotopic (exact) mass is 342 g/mol. The molecule has 2 heterocycles. The van der Waals surface area contributed by atoms with Gasteiger partial charge in [0.15, 0.2) is 5.76 Å². The molecule has 6 heteroatoms. The predicted octanol–water partition coefficient (Wildman–Crippen LogP) is 2.69. The first kappa shape index (κ1) is 17.2. The van der Waals surface area contributed by atoms with Crippen LogP contribution in [0.3, 0.4) is 0 Å². The number of piperidine rings is 1. The fourth-order valence-corrected chi connectivity index (χ4v) is 3.06. The second kappa shape index (κ2) is 7.96. The Morgan fingerprint density at radius 1 is 1.32 bits per heavy atom. The van der Waals surface area contributed by atoms with Crippen LogP contribution in [0.1, 0.15) is 25.5 Å². The molecule has 0 bridgehead atoms. The topological polar surface area (TPSA) is 72.6 Å². The van der Waals surface area contributed by atoms with E-state index in [1.807, 2.05) is 30.3 Å². The molecule has 1 fully saturated rings. The molecule has 0 radical (unpaired) electrons. The molecule has 0 spiro atoms. The standard InChI is InChI=1S/C19H22N2O4/c1-2-24-19(23)15-9-6-10-21(13-15)18(22)12-16-11-17(25-20-16)14-7-4-3-5-8-14/h3-5,7-8,11,15H,2,6,9-10,12-13H2,1H3/t15-/m0/s1. The summed E-state index contributed by atoms with van der Waals surface area (Å²) in [4.78, 5) is 26.2. The van der Waals surface area contributed by atoms with E-state index in [1.54, 1.807) is 17.9 Å². The molecular weight excluding hydrogens is 320 g/mol. The Labute approximate surface area is 146 Å². The van der Waals surface area contributed by atoms with Crippen molar-refractivity contribution in [2.75, 3.05) is 19.7 Å². The van der Waals surface area contributed by atoms with E-state index < -0.39 is 0 Å². The molecule has 1 aliphatic heterocycles. The number of esters is 1. The van der Waals surface area contributed by atoms with Crippen molar-refractivity contribution in [2.45, 2.75) is 26.2 Å². The molecular formula is C19H22N2O4. The van der Waals surface area contributed by atoms with Crippen LogP contribution in [-0.4, -0.2) is 41.6 Å². The lowest BCUT2D eigenvalue weighted by Gasteiger charge is -2.31. The summed E-state index contributed by atoms with van der Waals surface area (Å²) in [6.45, 7) is 3.24. The van der Waals surface area contributed by atoms with E-state index in [9.17, 15) is 9.59 Å². The van der Waals surface area contributed by atoms with E-state index in [1.165, 1.54) is 0 Å². The molecule has 1 aromatic heterocycles. The van der Waals surface area contributed by atoms with Gasteiger partial charge in [0.1, 0.15) is 0 Å². The highest BCUT2D eigenvalue weighted by molar-refractivity contribution is 5.80. The molecule has 132 valence electrons. The van der Waals surface area contributed by atoms with Gasteiger partial charge in [0.2, 0.25) is 5.91 Å². The van der Waals surface area contributed by atoms with Gasteiger partial charge >= 0.3 is 5.97 Å². The van der Waals surface area contributed by atoms with Gasteiger partial charge in [-0.3, -0.25) is 9.59 Å². The third-order valence-electron chi connectivity index (χ3n) is 4.34. The zero-order valence-corrected chi connectivity index (χ0v) is 14.3. The van der Waals surface area contributed by atoms with Crippen LogP contribution in [0.4, 0.5) is 0 Å². The van der Waals surface area contributed by atoms with Crippen molar-refractivity contribution >= 4 is 11.9 Å². The number of benzene rings is 1. The van der Waals surface area contributed by atoms with Gasteiger partial charge in [-0.2, -0.15) is 0 Å². The van der Waals surface area contributed by atoms with Crippen LogP contribution in [0.2, 0.25) is 0 Å². The largest absolute Gasteiger partial charge is 0.466 e. The van der Waals surface area contributed by atoms with Crippen molar-refractivity contribution in [2.24, 2.45) is 5.92 Å². The minimum Gasteiger partial charge on any atom is -0.466 e. The van der Waals surface area contributed by atoms with Crippen molar-refractivity contribution in [3.05, 3.63) is 42.1 Å². The average Bonchev–Trinajstić information content (AvgIpc) is 3.11. The Morgan fingerprint density at radius 3 is 2.88 bits per heavy atom. The number of ether oxygens (including phenoxy) is 1. The maximum atomic E-state index is 12.5. The summed E-state index contributed by atoms with van der Waals surface area (Å²) in [5.41, 5.74) is 1.52. The van der Waals surface area contributed by atoms with E-state index in [0.717, 1.165) is 18.4 Å². The van der Waals surface area contributed by atoms with Crippen molar-refractivity contribution in [3.63, 3.8) is 0 Å². The highest BCUT2D eigenvalue weighted by Gasteiger charge is 2.29. The summed E-state index contributed by atoms with van der Waals surface area (Å²) in [6, 6.07) is 11.4. The number of rotatable bonds is 5. The molecule has 6 nitrogen and oxygen atoms in total. The zero-order chi connectivity index (χ0) is 17.6. The van der Waals surface area contributed by atoms with Gasteiger partial charge in [0, 0.05) is 24.7 Å². The molecule has 2 aromatic rings. The first-order chi connectivity index (χ1) is 12.2. The van der Waals surface area contributed by atoms with Crippen LogP contribution in [0.5, 0.6) is 0 Å². The first-order valence-corrected chi connectivity index (χ1v) is 8.62.